The van der Waals surface area contributed by atoms with Gasteiger partial charge in [-0.3, -0.25) is 0 Å². The van der Waals surface area contributed by atoms with Gasteiger partial charge in [0.2, 0.25) is 0 Å². The summed E-state index contributed by atoms with van der Waals surface area (Å²) in [4.78, 5) is 0. The van der Waals surface area contributed by atoms with Crippen LogP contribution < -0.4 is 0 Å². The molecular formula is C3H5O4. The molecule has 4 nitrogen and oxygen atoms in total. The number of hydrogen-bond acceptors (Lipinski definition) is 4. The summed E-state index contributed by atoms with van der Waals surface area (Å²) in [6, 6.07) is 0. The molecule has 0 amide bonds. The van der Waals surface area contributed by atoms with Crippen molar-refractivity contribution in [1.82, 2.24) is 0 Å². The standard InChI is InChI=1S/C3H5O4/c4-1-2(5)3(6)7/h1,4-7H. The summed E-state index contributed by atoms with van der Waals surface area (Å²) in [5.74, 6) is -0.944. The van der Waals surface area contributed by atoms with E-state index in [2.05, 4.69) is 0 Å². The summed E-state index contributed by atoms with van der Waals surface area (Å²) >= 11 is 0. The highest BCUT2D eigenvalue weighted by Crippen LogP contribution is 1.97. The minimum Gasteiger partial charge on any atom is -0.512 e. The second kappa shape index (κ2) is 2.44. The second-order valence-electron chi connectivity index (χ2n) is 0.838. The van der Waals surface area contributed by atoms with Crippen molar-refractivity contribution in [3.63, 3.8) is 0 Å². The highest BCUT2D eigenvalue weighted by Gasteiger charge is 2.03. The van der Waals surface area contributed by atoms with Crippen LogP contribution in [0, 0.1) is 6.29 Å². The average molecular weight is 105 g/mol. The molecule has 0 saturated carbocycles. The van der Waals surface area contributed by atoms with Crippen molar-refractivity contribution in [3.05, 3.63) is 18.3 Å². The fourth-order valence-electron chi connectivity index (χ4n) is 0.0577. The van der Waals surface area contributed by atoms with Crippen molar-refractivity contribution in [2.24, 2.45) is 0 Å². The quantitative estimate of drug-likeness (QED) is 0.358. The van der Waals surface area contributed by atoms with Crippen LogP contribution >= 0.6 is 0 Å². The van der Waals surface area contributed by atoms with Gasteiger partial charge in [-0.1, -0.05) is 0 Å². The molecule has 0 unspecified atom stereocenters. The third-order valence-corrected chi connectivity index (χ3v) is 0.351. The average Bonchev–Trinajstić information content (AvgIpc) is 1.65. The summed E-state index contributed by atoms with van der Waals surface area (Å²) < 4.78 is 0. The van der Waals surface area contributed by atoms with Crippen LogP contribution in [0.3, 0.4) is 0 Å². The van der Waals surface area contributed by atoms with Crippen molar-refractivity contribution in [2.45, 2.75) is 0 Å². The van der Waals surface area contributed by atoms with Crippen LogP contribution in [0.25, 0.3) is 0 Å². The van der Waals surface area contributed by atoms with Gasteiger partial charge in [0.1, 0.15) is 6.26 Å². The Kier molecular flexibility index (Phi) is 2.18. The van der Waals surface area contributed by atoms with Gasteiger partial charge in [-0.15, -0.1) is 0 Å². The van der Waals surface area contributed by atoms with Crippen LogP contribution in [0.2, 0.25) is 0 Å². The lowest BCUT2D eigenvalue weighted by Crippen LogP contribution is -1.96. The maximum Gasteiger partial charge on any atom is 0.289 e. The highest BCUT2D eigenvalue weighted by atomic mass is 16.5. The molecule has 1 radical (unpaired) electrons. The molecule has 0 bridgehead atoms. The zero-order chi connectivity index (χ0) is 5.86. The fourth-order valence-corrected chi connectivity index (χ4v) is 0.0577. The van der Waals surface area contributed by atoms with E-state index >= 15 is 0 Å². The smallest absolute Gasteiger partial charge is 0.289 e. The molecule has 0 heterocycles. The van der Waals surface area contributed by atoms with Gasteiger partial charge in [0, 0.05) is 0 Å². The van der Waals surface area contributed by atoms with E-state index in [-0.39, 0.29) is 6.26 Å². The predicted octanol–water partition coefficient (Wildman–Crippen LogP) is 0.178. The van der Waals surface area contributed by atoms with Crippen molar-refractivity contribution in [2.75, 3.05) is 0 Å². The second-order valence-corrected chi connectivity index (χ2v) is 0.838. The highest BCUT2D eigenvalue weighted by molar-refractivity contribution is 4.97. The van der Waals surface area contributed by atoms with Gasteiger partial charge in [-0.25, -0.2) is 0 Å². The maximum absolute atomic E-state index is 8.01. The maximum atomic E-state index is 8.01. The van der Waals surface area contributed by atoms with Crippen molar-refractivity contribution >= 4 is 0 Å². The Hall–Kier alpha value is -0.740. The Morgan fingerprint density at radius 2 is 1.57 bits per heavy atom. The van der Waals surface area contributed by atoms with Crippen molar-refractivity contribution in [3.8, 4) is 0 Å². The monoisotopic (exact) mass is 105 g/mol. The van der Waals surface area contributed by atoms with E-state index in [1.807, 2.05) is 0 Å². The molecule has 0 spiro atoms. The minimum atomic E-state index is -1.29. The first-order chi connectivity index (χ1) is 3.18. The summed E-state index contributed by atoms with van der Waals surface area (Å²) in [5.41, 5.74) is 0. The van der Waals surface area contributed by atoms with Crippen molar-refractivity contribution in [1.29, 1.82) is 0 Å². The van der Waals surface area contributed by atoms with E-state index in [0.29, 0.717) is 0 Å². The molecule has 0 rings (SSSR count). The lowest BCUT2D eigenvalue weighted by Gasteiger charge is -1.93. The lowest BCUT2D eigenvalue weighted by molar-refractivity contribution is 0.0686. The van der Waals surface area contributed by atoms with Crippen LogP contribution in [0.1, 0.15) is 0 Å². The third-order valence-electron chi connectivity index (χ3n) is 0.351. The molecule has 0 aromatic heterocycles. The SMILES string of the molecule is OC=C(O)[C](O)O. The molecule has 0 aromatic rings. The summed E-state index contributed by atoms with van der Waals surface area (Å²) in [6.45, 7) is 0. The van der Waals surface area contributed by atoms with Gasteiger partial charge >= 0.3 is 0 Å². The Morgan fingerprint density at radius 1 is 1.14 bits per heavy atom. The minimum absolute atomic E-state index is 0.176. The van der Waals surface area contributed by atoms with E-state index in [1.165, 1.54) is 0 Å². The van der Waals surface area contributed by atoms with Gasteiger partial charge in [0.15, 0.2) is 5.76 Å². The number of aliphatic hydroxyl groups is 4. The molecule has 0 aromatic carbocycles. The fraction of sp³-hybridized carbons (Fsp3) is 0. The molecule has 0 saturated heterocycles. The summed E-state index contributed by atoms with van der Waals surface area (Å²) in [6.07, 6.45) is -1.11. The summed E-state index contributed by atoms with van der Waals surface area (Å²) in [5, 5.41) is 31.4. The molecular weight excluding hydrogens is 100 g/mol. The zero-order valence-corrected chi connectivity index (χ0v) is 3.37. The topological polar surface area (TPSA) is 80.9 Å². The molecule has 0 fully saturated rings. The first-order valence-corrected chi connectivity index (χ1v) is 1.47. The van der Waals surface area contributed by atoms with Crippen molar-refractivity contribution < 1.29 is 20.4 Å². The van der Waals surface area contributed by atoms with Gasteiger partial charge in [-0.05, 0) is 0 Å². The van der Waals surface area contributed by atoms with E-state index < -0.39 is 12.0 Å². The van der Waals surface area contributed by atoms with Gasteiger partial charge in [-0.2, -0.15) is 0 Å². The molecule has 0 aliphatic carbocycles. The van der Waals surface area contributed by atoms with E-state index in [9.17, 15) is 0 Å². The number of rotatable bonds is 1. The first-order valence-electron chi connectivity index (χ1n) is 1.47. The van der Waals surface area contributed by atoms with Crippen LogP contribution in [-0.2, 0) is 0 Å². The molecule has 0 aliphatic heterocycles. The predicted molar refractivity (Wildman–Crippen MR) is 20.5 cm³/mol. The zero-order valence-electron chi connectivity index (χ0n) is 3.37. The Labute approximate surface area is 40.0 Å². The van der Waals surface area contributed by atoms with Gasteiger partial charge in [0.05, 0.1) is 0 Å². The molecule has 0 atom stereocenters. The van der Waals surface area contributed by atoms with Gasteiger partial charge in [0.25, 0.3) is 6.29 Å². The number of aliphatic hydroxyl groups excluding tert-OH is 3. The van der Waals surface area contributed by atoms with Crippen LogP contribution in [0.4, 0.5) is 0 Å². The van der Waals surface area contributed by atoms with Crippen LogP contribution in [0.5, 0.6) is 0 Å². The number of hydrogen-bond donors (Lipinski definition) is 4. The van der Waals surface area contributed by atoms with Crippen LogP contribution in [0.15, 0.2) is 12.0 Å². The summed E-state index contributed by atoms with van der Waals surface area (Å²) in [7, 11) is 0. The molecule has 7 heavy (non-hydrogen) atoms. The van der Waals surface area contributed by atoms with E-state index in [4.69, 9.17) is 20.4 Å². The Bertz CT molecular complexity index is 75.0. The van der Waals surface area contributed by atoms with E-state index in [0.717, 1.165) is 0 Å². The normalized spacial score (nSPS) is 12.7. The molecule has 4 N–H and O–H groups in total. The third kappa shape index (κ3) is 2.02. The Morgan fingerprint density at radius 3 is 1.57 bits per heavy atom. The van der Waals surface area contributed by atoms with E-state index in [1.54, 1.807) is 0 Å². The first kappa shape index (κ1) is 6.26. The molecule has 0 aliphatic rings. The van der Waals surface area contributed by atoms with Crippen LogP contribution in [-0.4, -0.2) is 20.4 Å². The largest absolute Gasteiger partial charge is 0.512 e. The molecule has 4 heteroatoms. The van der Waals surface area contributed by atoms with Gasteiger partial charge < -0.3 is 20.4 Å². The Balaban J connectivity index is 3.56. The lowest BCUT2D eigenvalue weighted by atomic mass is 10.5. The molecule has 41 valence electrons.